The quantitative estimate of drug-likeness (QED) is 0.413. The van der Waals surface area contributed by atoms with Gasteiger partial charge in [-0.2, -0.15) is 5.26 Å². The van der Waals surface area contributed by atoms with Crippen molar-refractivity contribution in [2.75, 3.05) is 13.6 Å². The summed E-state index contributed by atoms with van der Waals surface area (Å²) < 4.78 is 2.09. The molecule has 1 atom stereocenters. The van der Waals surface area contributed by atoms with E-state index in [2.05, 4.69) is 92.3 Å². The molecule has 0 aliphatic heterocycles. The molecule has 0 bridgehead atoms. The predicted octanol–water partition coefficient (Wildman–Crippen LogP) is 6.69. The second kappa shape index (κ2) is 9.37. The highest BCUT2D eigenvalue weighted by atomic mass is 79.9. The molecule has 1 aliphatic carbocycles. The van der Waals surface area contributed by atoms with Crippen LogP contribution in [-0.2, 0) is 12.0 Å². The zero-order chi connectivity index (χ0) is 19.3. The van der Waals surface area contributed by atoms with Gasteiger partial charge in [-0.25, -0.2) is 0 Å². The van der Waals surface area contributed by atoms with Crippen molar-refractivity contribution < 1.29 is 0 Å². The summed E-state index contributed by atoms with van der Waals surface area (Å²) in [5.74, 6) is 0.455. The average Bonchev–Trinajstić information content (AvgIpc) is 2.60. The molecule has 0 heterocycles. The van der Waals surface area contributed by atoms with E-state index < -0.39 is 5.41 Å². The number of nitrogens with zero attached hydrogens (tertiary/aromatic N) is 2. The number of halogens is 2. The van der Waals surface area contributed by atoms with E-state index in [1.54, 1.807) is 0 Å². The van der Waals surface area contributed by atoms with Crippen LogP contribution in [0.1, 0.15) is 43.2 Å². The van der Waals surface area contributed by atoms with Gasteiger partial charge >= 0.3 is 0 Å². The van der Waals surface area contributed by atoms with Crippen LogP contribution >= 0.6 is 31.9 Å². The van der Waals surface area contributed by atoms with Gasteiger partial charge in [-0.05, 0) is 62.9 Å². The first-order chi connectivity index (χ1) is 13.1. The number of hydrogen-bond acceptors (Lipinski definition) is 2. The third kappa shape index (κ3) is 4.65. The number of hydrogen-bond donors (Lipinski definition) is 0. The fourth-order valence-electron chi connectivity index (χ4n) is 4.16. The molecule has 2 nitrogen and oxygen atoms in total. The van der Waals surface area contributed by atoms with Gasteiger partial charge in [-0.1, -0.05) is 74.7 Å². The van der Waals surface area contributed by atoms with Crippen molar-refractivity contribution >= 4 is 31.9 Å². The molecule has 1 saturated carbocycles. The average molecular weight is 490 g/mol. The van der Waals surface area contributed by atoms with Gasteiger partial charge in [-0.3, -0.25) is 0 Å². The first-order valence-electron chi connectivity index (χ1n) is 9.65. The predicted molar refractivity (Wildman–Crippen MR) is 118 cm³/mol. The van der Waals surface area contributed by atoms with Crippen molar-refractivity contribution in [2.45, 2.75) is 44.1 Å². The Bertz CT molecular complexity index is 776. The fraction of sp³-hybridized carbons (Fsp3) is 0.435. The lowest BCUT2D eigenvalue weighted by Gasteiger charge is -2.42. The molecule has 27 heavy (non-hydrogen) atoms. The minimum atomic E-state index is -0.412. The summed E-state index contributed by atoms with van der Waals surface area (Å²) in [6.45, 7) is 1.94. The fourth-order valence-corrected chi connectivity index (χ4v) is 5.87. The lowest BCUT2D eigenvalue weighted by molar-refractivity contribution is 0.187. The molecule has 0 spiro atoms. The summed E-state index contributed by atoms with van der Waals surface area (Å²) in [5, 5.41) is 10.3. The molecule has 0 amide bonds. The molecule has 0 saturated heterocycles. The maximum Gasteiger partial charge on any atom is 0.0872 e. The Balaban J connectivity index is 1.72. The molecule has 2 aromatic rings. The van der Waals surface area contributed by atoms with E-state index in [-0.39, 0.29) is 0 Å². The normalized spacial score (nSPS) is 16.6. The van der Waals surface area contributed by atoms with Crippen LogP contribution in [0.15, 0.2) is 57.5 Å². The first-order valence-corrected chi connectivity index (χ1v) is 11.2. The Morgan fingerprint density at radius 2 is 1.74 bits per heavy atom. The van der Waals surface area contributed by atoms with E-state index in [0.717, 1.165) is 53.3 Å². The summed E-state index contributed by atoms with van der Waals surface area (Å²) in [5.41, 5.74) is 2.06. The van der Waals surface area contributed by atoms with Crippen molar-refractivity contribution in [1.29, 1.82) is 5.26 Å². The summed E-state index contributed by atoms with van der Waals surface area (Å²) in [4.78, 5) is 2.35. The Morgan fingerprint density at radius 1 is 1.07 bits per heavy atom. The van der Waals surface area contributed by atoms with Crippen LogP contribution < -0.4 is 0 Å². The lowest BCUT2D eigenvalue weighted by atomic mass is 9.61. The van der Waals surface area contributed by atoms with E-state index in [1.165, 1.54) is 12.0 Å². The number of nitriles is 1. The van der Waals surface area contributed by atoms with Crippen molar-refractivity contribution in [3.05, 3.63) is 68.6 Å². The Labute approximate surface area is 179 Å². The molecule has 142 valence electrons. The molecular weight excluding hydrogens is 464 g/mol. The Hall–Kier alpha value is -1.15. The standard InChI is InChI=1S/C23H26Br2N2/c1-27(16-18-8-3-2-4-9-18)15-7-14-23(17-26,19-10-5-11-19)22-20(24)12-6-13-21(22)25/h2-4,6,8-9,12-13,19H,5,7,10-11,14-16H2,1H3. The van der Waals surface area contributed by atoms with Crippen LogP contribution in [0.5, 0.6) is 0 Å². The molecule has 1 unspecified atom stereocenters. The van der Waals surface area contributed by atoms with E-state index in [9.17, 15) is 5.26 Å². The van der Waals surface area contributed by atoms with Gasteiger partial charge < -0.3 is 4.90 Å². The van der Waals surface area contributed by atoms with Gasteiger partial charge in [0.05, 0.1) is 11.5 Å². The minimum absolute atomic E-state index is 0.412. The van der Waals surface area contributed by atoms with Crippen LogP contribution in [-0.4, -0.2) is 18.5 Å². The van der Waals surface area contributed by atoms with Gasteiger partial charge in [0.15, 0.2) is 0 Å². The zero-order valence-corrected chi connectivity index (χ0v) is 19.0. The lowest BCUT2D eigenvalue weighted by Crippen LogP contribution is -2.39. The smallest absolute Gasteiger partial charge is 0.0872 e. The largest absolute Gasteiger partial charge is 0.302 e. The Morgan fingerprint density at radius 3 is 2.30 bits per heavy atom. The van der Waals surface area contributed by atoms with Gasteiger partial charge in [0.2, 0.25) is 0 Å². The molecule has 0 N–H and O–H groups in total. The summed E-state index contributed by atoms with van der Waals surface area (Å²) in [7, 11) is 2.17. The molecule has 0 radical (unpaired) electrons. The minimum Gasteiger partial charge on any atom is -0.302 e. The van der Waals surface area contributed by atoms with Gasteiger partial charge in [0.25, 0.3) is 0 Å². The van der Waals surface area contributed by atoms with Crippen molar-refractivity contribution in [1.82, 2.24) is 4.90 Å². The summed E-state index contributed by atoms with van der Waals surface area (Å²) >= 11 is 7.44. The monoisotopic (exact) mass is 488 g/mol. The maximum atomic E-state index is 10.3. The molecule has 3 rings (SSSR count). The van der Waals surface area contributed by atoms with E-state index in [4.69, 9.17) is 0 Å². The van der Waals surface area contributed by atoms with Crippen molar-refractivity contribution in [2.24, 2.45) is 5.92 Å². The second-order valence-corrected chi connectivity index (χ2v) is 9.34. The highest BCUT2D eigenvalue weighted by Gasteiger charge is 2.45. The maximum absolute atomic E-state index is 10.3. The third-order valence-electron chi connectivity index (χ3n) is 5.82. The van der Waals surface area contributed by atoms with Gasteiger partial charge in [-0.15, -0.1) is 0 Å². The van der Waals surface area contributed by atoms with Gasteiger partial charge in [0, 0.05) is 21.1 Å². The summed E-state index contributed by atoms with van der Waals surface area (Å²) in [6.07, 6.45) is 5.46. The van der Waals surface area contributed by atoms with Crippen LogP contribution in [0.4, 0.5) is 0 Å². The summed E-state index contributed by atoms with van der Waals surface area (Å²) in [6, 6.07) is 19.5. The van der Waals surface area contributed by atoms with E-state index in [1.807, 2.05) is 6.07 Å². The van der Waals surface area contributed by atoms with E-state index in [0.29, 0.717) is 5.92 Å². The van der Waals surface area contributed by atoms with Crippen LogP contribution in [0.3, 0.4) is 0 Å². The number of benzene rings is 2. The van der Waals surface area contributed by atoms with Crippen LogP contribution in [0.2, 0.25) is 0 Å². The SMILES string of the molecule is CN(CCCC(C#N)(c1c(Br)cccc1Br)C1CCC1)Cc1ccccc1. The van der Waals surface area contributed by atoms with Gasteiger partial charge in [0.1, 0.15) is 0 Å². The van der Waals surface area contributed by atoms with Crippen molar-refractivity contribution in [3.8, 4) is 6.07 Å². The molecule has 2 aromatic carbocycles. The van der Waals surface area contributed by atoms with Crippen LogP contribution in [0, 0.1) is 17.2 Å². The van der Waals surface area contributed by atoms with E-state index >= 15 is 0 Å². The molecule has 0 aromatic heterocycles. The van der Waals surface area contributed by atoms with Crippen molar-refractivity contribution in [3.63, 3.8) is 0 Å². The van der Waals surface area contributed by atoms with Crippen LogP contribution in [0.25, 0.3) is 0 Å². The molecule has 4 heteroatoms. The topological polar surface area (TPSA) is 27.0 Å². The third-order valence-corrected chi connectivity index (χ3v) is 7.14. The Kier molecular flexibility index (Phi) is 7.14. The molecule has 1 fully saturated rings. The zero-order valence-electron chi connectivity index (χ0n) is 15.8. The molecule has 1 aliphatic rings. The highest BCUT2D eigenvalue weighted by molar-refractivity contribution is 9.11. The molecular formula is C23H26Br2N2. The highest BCUT2D eigenvalue weighted by Crippen LogP contribution is 2.50. The number of rotatable bonds is 8. The first kappa shape index (κ1) is 20.6. The second-order valence-electron chi connectivity index (χ2n) is 7.63.